The first kappa shape index (κ1) is 14.8. The Balaban J connectivity index is 3.54. The molecule has 0 atom stereocenters. The molecule has 0 amide bonds. The summed E-state index contributed by atoms with van der Waals surface area (Å²) < 4.78 is 62.9. The molecular weight excluding hydrogens is 275 g/mol. The average Bonchev–Trinajstić information content (AvgIpc) is 2.25. The lowest BCUT2D eigenvalue weighted by atomic mass is 10.1. The third kappa shape index (κ3) is 3.37. The van der Waals surface area contributed by atoms with Crippen LogP contribution in [0.15, 0.2) is 6.07 Å². The van der Waals surface area contributed by atoms with Gasteiger partial charge in [0.2, 0.25) is 0 Å². The van der Waals surface area contributed by atoms with Gasteiger partial charge >= 0.3 is 12.1 Å². The number of aliphatic carboxylic acids is 1. The van der Waals surface area contributed by atoms with Crippen molar-refractivity contribution in [2.24, 2.45) is 0 Å². The van der Waals surface area contributed by atoms with Crippen LogP contribution in [0.5, 0.6) is 0 Å². The number of nitriles is 1. The van der Waals surface area contributed by atoms with Crippen LogP contribution >= 0.6 is 0 Å². The molecule has 102 valence electrons. The van der Waals surface area contributed by atoms with Gasteiger partial charge in [-0.2, -0.15) is 18.4 Å². The maximum atomic E-state index is 12.6. The molecule has 0 aromatic carbocycles. The number of alkyl halides is 5. The lowest BCUT2D eigenvalue weighted by Crippen LogP contribution is -2.16. The molecule has 0 saturated heterocycles. The Kier molecular flexibility index (Phi) is 4.04. The molecule has 0 radical (unpaired) electrons. The first-order valence-corrected chi connectivity index (χ1v) is 4.68. The molecule has 0 unspecified atom stereocenters. The van der Waals surface area contributed by atoms with Crippen molar-refractivity contribution in [3.05, 3.63) is 28.6 Å². The number of halogens is 5. The van der Waals surface area contributed by atoms with Gasteiger partial charge in [-0.15, -0.1) is 0 Å². The minimum absolute atomic E-state index is 0.187. The monoisotopic (exact) mass is 280 g/mol. The molecule has 0 aliphatic carbocycles. The van der Waals surface area contributed by atoms with E-state index in [2.05, 4.69) is 4.98 Å². The number of hydrogen-bond acceptors (Lipinski definition) is 3. The fourth-order valence-corrected chi connectivity index (χ4v) is 1.35. The predicted octanol–water partition coefficient (Wildman–Crippen LogP) is 2.54. The Hall–Kier alpha value is -2.24. The largest absolute Gasteiger partial charge is 0.481 e. The lowest BCUT2D eigenvalue weighted by Gasteiger charge is -2.13. The van der Waals surface area contributed by atoms with Gasteiger partial charge in [-0.3, -0.25) is 4.79 Å². The van der Waals surface area contributed by atoms with Crippen LogP contribution in [0.2, 0.25) is 0 Å². The fourth-order valence-electron chi connectivity index (χ4n) is 1.35. The molecule has 0 fully saturated rings. The molecule has 4 nitrogen and oxygen atoms in total. The van der Waals surface area contributed by atoms with Crippen molar-refractivity contribution in [2.45, 2.75) is 19.0 Å². The minimum atomic E-state index is -4.98. The molecule has 19 heavy (non-hydrogen) atoms. The Labute approximate surface area is 103 Å². The SMILES string of the molecule is N#Cc1cc(C(F)(F)F)c(CC(=O)O)nc1C(F)F. The quantitative estimate of drug-likeness (QED) is 0.863. The third-order valence-corrected chi connectivity index (χ3v) is 2.08. The van der Waals surface area contributed by atoms with Crippen molar-refractivity contribution >= 4 is 5.97 Å². The first-order chi connectivity index (χ1) is 8.66. The second-order valence-electron chi connectivity index (χ2n) is 3.40. The highest BCUT2D eigenvalue weighted by molar-refractivity contribution is 5.70. The number of carboxylic acid groups (broad SMARTS) is 1. The molecule has 0 bridgehead atoms. The summed E-state index contributed by atoms with van der Waals surface area (Å²) in [4.78, 5) is 13.4. The molecule has 1 heterocycles. The number of rotatable bonds is 3. The van der Waals surface area contributed by atoms with Gasteiger partial charge in [-0.25, -0.2) is 13.8 Å². The van der Waals surface area contributed by atoms with E-state index < -0.39 is 47.5 Å². The minimum Gasteiger partial charge on any atom is -0.481 e. The van der Waals surface area contributed by atoms with Gasteiger partial charge in [-0.1, -0.05) is 0 Å². The van der Waals surface area contributed by atoms with E-state index in [0.29, 0.717) is 0 Å². The average molecular weight is 280 g/mol. The fraction of sp³-hybridized carbons (Fsp3) is 0.300. The van der Waals surface area contributed by atoms with Gasteiger partial charge in [0.1, 0.15) is 11.8 Å². The van der Waals surface area contributed by atoms with Gasteiger partial charge in [-0.05, 0) is 6.07 Å². The van der Waals surface area contributed by atoms with Crippen LogP contribution in [-0.4, -0.2) is 16.1 Å². The topological polar surface area (TPSA) is 74.0 Å². The summed E-state index contributed by atoms with van der Waals surface area (Å²) in [5.41, 5.74) is -4.65. The van der Waals surface area contributed by atoms with Gasteiger partial charge < -0.3 is 5.11 Å². The number of pyridine rings is 1. The molecular formula is C10H5F5N2O2. The zero-order valence-corrected chi connectivity index (χ0v) is 9.00. The van der Waals surface area contributed by atoms with Crippen LogP contribution in [0.1, 0.15) is 28.9 Å². The summed E-state index contributed by atoms with van der Waals surface area (Å²) in [6, 6.07) is 1.37. The molecule has 0 aliphatic rings. The van der Waals surface area contributed by atoms with Crippen molar-refractivity contribution in [1.82, 2.24) is 4.98 Å². The number of carbonyl (C=O) groups is 1. The highest BCUT2D eigenvalue weighted by atomic mass is 19.4. The second kappa shape index (κ2) is 5.17. The van der Waals surface area contributed by atoms with Crippen LogP contribution in [0.4, 0.5) is 22.0 Å². The predicted molar refractivity (Wildman–Crippen MR) is 50.3 cm³/mol. The highest BCUT2D eigenvalue weighted by Crippen LogP contribution is 2.34. The Morgan fingerprint density at radius 2 is 2.05 bits per heavy atom. The molecule has 1 rings (SSSR count). The lowest BCUT2D eigenvalue weighted by molar-refractivity contribution is -0.140. The van der Waals surface area contributed by atoms with E-state index in [4.69, 9.17) is 10.4 Å². The normalized spacial score (nSPS) is 11.4. The van der Waals surface area contributed by atoms with Gasteiger partial charge in [0, 0.05) is 0 Å². The zero-order chi connectivity index (χ0) is 14.8. The molecule has 0 saturated carbocycles. The number of carboxylic acids is 1. The Morgan fingerprint density at radius 3 is 2.42 bits per heavy atom. The van der Waals surface area contributed by atoms with Gasteiger partial charge in [0.15, 0.2) is 0 Å². The number of hydrogen-bond donors (Lipinski definition) is 1. The second-order valence-corrected chi connectivity index (χ2v) is 3.40. The summed E-state index contributed by atoms with van der Waals surface area (Å²) >= 11 is 0. The first-order valence-electron chi connectivity index (χ1n) is 4.68. The van der Waals surface area contributed by atoms with E-state index in [9.17, 15) is 26.7 Å². The molecule has 1 aromatic rings. The molecule has 9 heteroatoms. The standard InChI is InChI=1S/C10H5F5N2O2/c11-9(12)8-4(3-16)1-5(10(13,14)15)6(17-8)2-7(18)19/h1,9H,2H2,(H,18,19). The van der Waals surface area contributed by atoms with Crippen molar-refractivity contribution in [3.63, 3.8) is 0 Å². The van der Waals surface area contributed by atoms with Crippen LogP contribution in [0.25, 0.3) is 0 Å². The summed E-state index contributed by atoms with van der Waals surface area (Å²) in [5, 5.41) is 17.0. The zero-order valence-electron chi connectivity index (χ0n) is 9.00. The maximum absolute atomic E-state index is 12.6. The van der Waals surface area contributed by atoms with E-state index in [1.54, 1.807) is 0 Å². The molecule has 0 spiro atoms. The third-order valence-electron chi connectivity index (χ3n) is 2.08. The van der Waals surface area contributed by atoms with Crippen LogP contribution in [0.3, 0.4) is 0 Å². The van der Waals surface area contributed by atoms with E-state index in [0.717, 1.165) is 0 Å². The molecule has 0 aliphatic heterocycles. The highest BCUT2D eigenvalue weighted by Gasteiger charge is 2.36. The maximum Gasteiger partial charge on any atom is 0.418 e. The summed E-state index contributed by atoms with van der Waals surface area (Å²) in [5.74, 6) is -1.65. The summed E-state index contributed by atoms with van der Waals surface area (Å²) in [6.45, 7) is 0. The summed E-state index contributed by atoms with van der Waals surface area (Å²) in [6.07, 6.45) is -9.42. The van der Waals surface area contributed by atoms with E-state index in [1.165, 1.54) is 6.07 Å². The van der Waals surface area contributed by atoms with Crippen LogP contribution in [-0.2, 0) is 17.4 Å². The van der Waals surface area contributed by atoms with Gasteiger partial charge in [0.25, 0.3) is 6.43 Å². The van der Waals surface area contributed by atoms with Crippen molar-refractivity contribution in [1.29, 1.82) is 5.26 Å². The van der Waals surface area contributed by atoms with Crippen LogP contribution < -0.4 is 0 Å². The number of aromatic nitrogens is 1. The van der Waals surface area contributed by atoms with Crippen molar-refractivity contribution < 1.29 is 31.9 Å². The van der Waals surface area contributed by atoms with E-state index in [1.807, 2.05) is 0 Å². The number of nitrogens with zero attached hydrogens (tertiary/aromatic N) is 2. The van der Waals surface area contributed by atoms with Crippen LogP contribution in [0, 0.1) is 11.3 Å². The summed E-state index contributed by atoms with van der Waals surface area (Å²) in [7, 11) is 0. The Morgan fingerprint density at radius 1 is 1.47 bits per heavy atom. The van der Waals surface area contributed by atoms with E-state index >= 15 is 0 Å². The van der Waals surface area contributed by atoms with E-state index in [-0.39, 0.29) is 6.07 Å². The van der Waals surface area contributed by atoms with Gasteiger partial charge in [0.05, 0.1) is 23.2 Å². The van der Waals surface area contributed by atoms with Crippen molar-refractivity contribution in [2.75, 3.05) is 0 Å². The smallest absolute Gasteiger partial charge is 0.418 e. The molecule has 1 aromatic heterocycles. The Bertz CT molecular complexity index is 548. The van der Waals surface area contributed by atoms with Crippen molar-refractivity contribution in [3.8, 4) is 6.07 Å². The molecule has 1 N–H and O–H groups in total.